The Balaban J connectivity index is 0.000000145. The minimum Gasteiger partial charge on any atom is -0.507 e. The first kappa shape index (κ1) is 49.4. The van der Waals surface area contributed by atoms with Crippen molar-refractivity contribution in [2.24, 2.45) is 0 Å². The van der Waals surface area contributed by atoms with Crippen LogP contribution in [0.25, 0.3) is 21.8 Å². The highest BCUT2D eigenvalue weighted by molar-refractivity contribution is 7.86. The van der Waals surface area contributed by atoms with E-state index in [9.17, 15) is 32.7 Å². The highest BCUT2D eigenvalue weighted by atomic mass is 32.2. The number of morpholine rings is 2. The van der Waals surface area contributed by atoms with Crippen LogP contribution in [-0.2, 0) is 23.8 Å². The molecule has 4 fully saturated rings. The van der Waals surface area contributed by atoms with Crippen LogP contribution in [0.1, 0.15) is 94.2 Å². The predicted octanol–water partition coefficient (Wildman–Crippen LogP) is 6.44. The fraction of sp³-hybridized carbons (Fsp3) is 0.396. The largest absolute Gasteiger partial charge is 0.507 e. The number of rotatable bonds is 8. The SMILES string of the molecule is CS(=O)(=O)OC1CCC(N2C(=O)c3ccccc3C2=O)CC1.O=C1c2ccccc2C(=O)N1C1CCC(Oc2cc(N3CCOCC3)cc3ncncc23)CC1.Oc1cc(N2CCOCC2)cc2ncncc12.[HH]. The van der Waals surface area contributed by atoms with E-state index >= 15 is 0 Å². The summed E-state index contributed by atoms with van der Waals surface area (Å²) in [6.45, 7) is 6.22. The third-order valence-corrected chi connectivity index (χ3v) is 14.8. The summed E-state index contributed by atoms with van der Waals surface area (Å²) >= 11 is 0. The average Bonchev–Trinajstić information content (AvgIpc) is 3.83. The average molecular weight is 1020 g/mol. The second kappa shape index (κ2) is 21.5. The molecule has 4 amide bonds. The Morgan fingerprint density at radius 2 is 0.986 bits per heavy atom. The Morgan fingerprint density at radius 3 is 1.44 bits per heavy atom. The van der Waals surface area contributed by atoms with Gasteiger partial charge in [-0.1, -0.05) is 24.3 Å². The second-order valence-electron chi connectivity index (χ2n) is 18.8. The number of carbonyl (C=O) groups is 4. The molecule has 2 aliphatic carbocycles. The molecular weight excluding hydrogens is 957 g/mol. The van der Waals surface area contributed by atoms with E-state index in [2.05, 4.69) is 41.9 Å². The lowest BCUT2D eigenvalue weighted by Gasteiger charge is -2.34. The Bertz CT molecular complexity index is 3090. The number of ether oxygens (including phenoxy) is 3. The van der Waals surface area contributed by atoms with Gasteiger partial charge in [0, 0.05) is 75.6 Å². The molecule has 2 saturated heterocycles. The number of fused-ring (bicyclic) bond motifs is 4. The molecule has 382 valence electrons. The van der Waals surface area contributed by atoms with Gasteiger partial charge in [0.2, 0.25) is 0 Å². The maximum Gasteiger partial charge on any atom is 0.264 e. The molecule has 4 aliphatic heterocycles. The Hall–Kier alpha value is -7.13. The van der Waals surface area contributed by atoms with Crippen molar-refractivity contribution in [2.75, 3.05) is 68.7 Å². The number of phenolic OH excluding ortho intramolecular Hbond substituents is 1. The molecule has 2 aromatic heterocycles. The lowest BCUT2D eigenvalue weighted by Crippen LogP contribution is -2.43. The van der Waals surface area contributed by atoms with Crippen LogP contribution < -0.4 is 14.5 Å². The summed E-state index contributed by atoms with van der Waals surface area (Å²) in [4.78, 5) is 74.5. The first-order valence-electron chi connectivity index (χ1n) is 24.7. The predicted molar refractivity (Wildman–Crippen MR) is 271 cm³/mol. The van der Waals surface area contributed by atoms with E-state index in [4.69, 9.17) is 18.4 Å². The molecule has 4 aromatic carbocycles. The normalized spacial score (nSPS) is 22.1. The zero-order chi connectivity index (χ0) is 50.6. The van der Waals surface area contributed by atoms with E-state index in [1.165, 1.54) is 16.1 Å². The zero-order valence-corrected chi connectivity index (χ0v) is 41.2. The number of anilines is 2. The molecule has 1 N–H and O–H groups in total. The van der Waals surface area contributed by atoms with Gasteiger partial charge in [-0.3, -0.25) is 33.2 Å². The molecule has 0 spiro atoms. The van der Waals surface area contributed by atoms with Crippen LogP contribution >= 0.6 is 0 Å². The van der Waals surface area contributed by atoms with Crippen molar-refractivity contribution in [1.82, 2.24) is 29.7 Å². The minimum atomic E-state index is -3.47. The molecule has 6 heterocycles. The summed E-state index contributed by atoms with van der Waals surface area (Å²) in [5.41, 5.74) is 5.59. The standard InChI is InChI=1S/C26H26N4O4.C15H17NO5S.C12H13N3O2.H2/c31-25-20-3-1-2-4-21(20)26(32)30(25)17-5-7-19(8-6-17)34-24-14-18(29-9-11-33-12-10-29)13-23-22(24)15-27-16-28-23;1-22(19,20)21-11-8-6-10(7-9-11)16-14(17)12-4-2-3-5-13(12)15(16)18;16-12-6-9(15-1-3-17-4-2-15)5-11-10(12)7-13-8-14-11;/h1-4,13-17,19H,5-12H2;2-5,10-11H,6-9H2,1H3;5-8,16H,1-4H2;1H. The second-order valence-corrected chi connectivity index (χ2v) is 20.5. The molecule has 73 heavy (non-hydrogen) atoms. The van der Waals surface area contributed by atoms with Gasteiger partial charge in [-0.15, -0.1) is 0 Å². The van der Waals surface area contributed by atoms with Crippen LogP contribution in [0.3, 0.4) is 0 Å². The van der Waals surface area contributed by atoms with Gasteiger partial charge in [-0.2, -0.15) is 8.42 Å². The number of hydrogen-bond donors (Lipinski definition) is 1. The molecule has 2 saturated carbocycles. The first-order valence-corrected chi connectivity index (χ1v) is 26.5. The lowest BCUT2D eigenvalue weighted by atomic mass is 9.91. The lowest BCUT2D eigenvalue weighted by molar-refractivity contribution is 0.0470. The van der Waals surface area contributed by atoms with Gasteiger partial charge in [0.05, 0.1) is 89.0 Å². The molecule has 20 heteroatoms. The van der Waals surface area contributed by atoms with Gasteiger partial charge in [-0.25, -0.2) is 19.9 Å². The quantitative estimate of drug-likeness (QED) is 0.128. The van der Waals surface area contributed by atoms with Crippen LogP contribution in [0.5, 0.6) is 11.5 Å². The first-order chi connectivity index (χ1) is 35.4. The zero-order valence-electron chi connectivity index (χ0n) is 40.4. The molecule has 6 aromatic rings. The molecule has 12 rings (SSSR count). The van der Waals surface area contributed by atoms with Gasteiger partial charge in [0.25, 0.3) is 33.7 Å². The van der Waals surface area contributed by atoms with E-state index in [1.54, 1.807) is 73.3 Å². The molecular formula is C53H58N8O11S. The number of aromatic hydroxyl groups is 1. The van der Waals surface area contributed by atoms with E-state index in [0.717, 1.165) is 105 Å². The van der Waals surface area contributed by atoms with Crippen molar-refractivity contribution in [3.63, 3.8) is 0 Å². The maximum absolute atomic E-state index is 12.9. The van der Waals surface area contributed by atoms with E-state index < -0.39 is 10.1 Å². The van der Waals surface area contributed by atoms with Crippen LogP contribution in [0.15, 0.2) is 97.8 Å². The Labute approximate surface area is 423 Å². The van der Waals surface area contributed by atoms with Gasteiger partial charge in [0.15, 0.2) is 0 Å². The number of nitrogens with zero attached hydrogens (tertiary/aromatic N) is 8. The monoisotopic (exact) mass is 1010 g/mol. The van der Waals surface area contributed by atoms with Crippen molar-refractivity contribution in [3.05, 3.63) is 120 Å². The summed E-state index contributed by atoms with van der Waals surface area (Å²) in [5, 5.41) is 11.5. The minimum absolute atomic E-state index is 0. The molecule has 0 bridgehead atoms. The number of phenols is 1. The Kier molecular flexibility index (Phi) is 14.6. The van der Waals surface area contributed by atoms with Crippen molar-refractivity contribution < 1.29 is 52.5 Å². The maximum atomic E-state index is 12.9. The van der Waals surface area contributed by atoms with Crippen molar-refractivity contribution in [1.29, 1.82) is 0 Å². The fourth-order valence-corrected chi connectivity index (χ4v) is 11.2. The van der Waals surface area contributed by atoms with Crippen LogP contribution in [0.4, 0.5) is 11.4 Å². The van der Waals surface area contributed by atoms with Gasteiger partial charge < -0.3 is 29.1 Å². The summed E-state index contributed by atoms with van der Waals surface area (Å²) < 4.78 is 44.6. The number of amides is 4. The summed E-state index contributed by atoms with van der Waals surface area (Å²) in [7, 11) is -3.47. The highest BCUT2D eigenvalue weighted by Gasteiger charge is 2.43. The number of benzene rings is 4. The van der Waals surface area contributed by atoms with Crippen molar-refractivity contribution in [2.45, 2.75) is 75.7 Å². The number of imide groups is 2. The Morgan fingerprint density at radius 1 is 0.575 bits per heavy atom. The van der Waals surface area contributed by atoms with Crippen LogP contribution in [0.2, 0.25) is 0 Å². The van der Waals surface area contributed by atoms with Crippen LogP contribution in [0, 0.1) is 0 Å². The number of hydrogen-bond acceptors (Lipinski definition) is 17. The smallest absolute Gasteiger partial charge is 0.264 e. The van der Waals surface area contributed by atoms with Crippen LogP contribution in [-0.4, -0.2) is 150 Å². The number of carbonyl (C=O) groups excluding carboxylic acids is 4. The third-order valence-electron chi connectivity index (χ3n) is 14.2. The summed E-state index contributed by atoms with van der Waals surface area (Å²) in [6, 6.07) is 21.5. The van der Waals surface area contributed by atoms with Gasteiger partial charge in [-0.05, 0) is 87.8 Å². The molecule has 6 aliphatic rings. The number of aromatic nitrogens is 4. The van der Waals surface area contributed by atoms with E-state index in [1.807, 2.05) is 6.07 Å². The third kappa shape index (κ3) is 10.8. The fourth-order valence-electron chi connectivity index (χ4n) is 10.5. The summed E-state index contributed by atoms with van der Waals surface area (Å²) in [5.74, 6) is 0.146. The van der Waals surface area contributed by atoms with Gasteiger partial charge in [0.1, 0.15) is 24.2 Å². The molecule has 19 nitrogen and oxygen atoms in total. The molecule has 0 unspecified atom stereocenters. The van der Waals surface area contributed by atoms with Crippen molar-refractivity contribution in [3.8, 4) is 11.5 Å². The molecule has 0 radical (unpaired) electrons. The van der Waals surface area contributed by atoms with Crippen molar-refractivity contribution >= 4 is 66.9 Å². The van der Waals surface area contributed by atoms with E-state index in [-0.39, 0.29) is 55.1 Å². The summed E-state index contributed by atoms with van der Waals surface area (Å²) in [6.07, 6.45) is 12.3. The van der Waals surface area contributed by atoms with Gasteiger partial charge >= 0.3 is 0 Å². The molecule has 0 atom stereocenters. The topological polar surface area (TPSA) is 224 Å². The highest BCUT2D eigenvalue weighted by Crippen LogP contribution is 2.37. The van der Waals surface area contributed by atoms with E-state index in [0.29, 0.717) is 66.5 Å².